The van der Waals surface area contributed by atoms with Crippen molar-refractivity contribution in [1.82, 2.24) is 0 Å². The van der Waals surface area contributed by atoms with Crippen molar-refractivity contribution in [2.45, 2.75) is 26.2 Å². The Morgan fingerprint density at radius 2 is 1.74 bits per heavy atom. The normalized spacial score (nSPS) is 13.6. The molecule has 2 aromatic rings. The fourth-order valence-electron chi connectivity index (χ4n) is 2.64. The van der Waals surface area contributed by atoms with Crippen molar-refractivity contribution in [3.8, 4) is 11.1 Å². The first-order valence-electron chi connectivity index (χ1n) is 6.73. The standard InChI is InChI=1S/C18H17Br/c1-12(2)13-6-8-14(9-7-13)17-5-3-4-15-10-16(19)11-18(15)17/h3-10,12H,11H2,1-2H3. The number of hydrogen-bond acceptors (Lipinski definition) is 0. The monoisotopic (exact) mass is 312 g/mol. The van der Waals surface area contributed by atoms with E-state index in [1.165, 1.54) is 32.3 Å². The maximum atomic E-state index is 3.62. The summed E-state index contributed by atoms with van der Waals surface area (Å²) in [6.07, 6.45) is 3.23. The number of fused-ring (bicyclic) bond motifs is 1. The highest BCUT2D eigenvalue weighted by Gasteiger charge is 2.15. The molecule has 0 bridgehead atoms. The minimum atomic E-state index is 0.589. The van der Waals surface area contributed by atoms with Gasteiger partial charge in [-0.2, -0.15) is 0 Å². The van der Waals surface area contributed by atoms with E-state index in [1.807, 2.05) is 0 Å². The van der Waals surface area contributed by atoms with Gasteiger partial charge in [-0.1, -0.05) is 72.2 Å². The first kappa shape index (κ1) is 12.7. The third-order valence-electron chi connectivity index (χ3n) is 3.76. The van der Waals surface area contributed by atoms with Crippen LogP contribution in [0.25, 0.3) is 17.2 Å². The second-order valence-corrected chi connectivity index (χ2v) is 6.44. The van der Waals surface area contributed by atoms with Crippen molar-refractivity contribution in [1.29, 1.82) is 0 Å². The molecule has 0 N–H and O–H groups in total. The van der Waals surface area contributed by atoms with Crippen molar-refractivity contribution in [2.75, 3.05) is 0 Å². The van der Waals surface area contributed by atoms with E-state index < -0.39 is 0 Å². The molecule has 0 nitrogen and oxygen atoms in total. The van der Waals surface area contributed by atoms with Gasteiger partial charge in [-0.3, -0.25) is 0 Å². The lowest BCUT2D eigenvalue weighted by atomic mass is 9.94. The van der Waals surface area contributed by atoms with Gasteiger partial charge in [0.15, 0.2) is 0 Å². The van der Waals surface area contributed by atoms with Gasteiger partial charge < -0.3 is 0 Å². The molecule has 0 saturated carbocycles. The molecule has 0 fully saturated rings. The Hall–Kier alpha value is -1.34. The lowest BCUT2D eigenvalue weighted by Gasteiger charge is -2.11. The van der Waals surface area contributed by atoms with Gasteiger partial charge in [0.2, 0.25) is 0 Å². The van der Waals surface area contributed by atoms with Crippen LogP contribution in [-0.2, 0) is 6.42 Å². The Labute approximate surface area is 123 Å². The molecule has 2 aromatic carbocycles. The molecule has 0 aromatic heterocycles. The highest BCUT2D eigenvalue weighted by molar-refractivity contribution is 9.11. The topological polar surface area (TPSA) is 0 Å². The summed E-state index contributed by atoms with van der Waals surface area (Å²) < 4.78 is 1.27. The molecule has 0 amide bonds. The Morgan fingerprint density at radius 1 is 1.00 bits per heavy atom. The summed E-state index contributed by atoms with van der Waals surface area (Å²) >= 11 is 3.62. The van der Waals surface area contributed by atoms with Gasteiger partial charge in [-0.15, -0.1) is 0 Å². The van der Waals surface area contributed by atoms with Crippen molar-refractivity contribution >= 4 is 22.0 Å². The van der Waals surface area contributed by atoms with Gasteiger partial charge in [-0.25, -0.2) is 0 Å². The van der Waals surface area contributed by atoms with Crippen LogP contribution in [0.4, 0.5) is 0 Å². The smallest absolute Gasteiger partial charge is 0.00530 e. The van der Waals surface area contributed by atoms with E-state index in [0.717, 1.165) is 6.42 Å². The maximum absolute atomic E-state index is 3.62. The van der Waals surface area contributed by atoms with Crippen LogP contribution in [0, 0.1) is 0 Å². The predicted molar refractivity (Wildman–Crippen MR) is 86.6 cm³/mol. The van der Waals surface area contributed by atoms with E-state index in [4.69, 9.17) is 0 Å². The predicted octanol–water partition coefficient (Wildman–Crippen LogP) is 5.77. The third kappa shape index (κ3) is 2.40. The second kappa shape index (κ2) is 4.97. The molecule has 0 atom stereocenters. The van der Waals surface area contributed by atoms with Gasteiger partial charge in [0.05, 0.1) is 0 Å². The molecule has 1 aliphatic carbocycles. The van der Waals surface area contributed by atoms with E-state index in [-0.39, 0.29) is 0 Å². The molecule has 0 saturated heterocycles. The van der Waals surface area contributed by atoms with Crippen LogP contribution in [0.2, 0.25) is 0 Å². The number of allylic oxidation sites excluding steroid dienone is 1. The van der Waals surface area contributed by atoms with Gasteiger partial charge in [0, 0.05) is 10.9 Å². The number of benzene rings is 2. The van der Waals surface area contributed by atoms with E-state index in [9.17, 15) is 0 Å². The molecule has 96 valence electrons. The lowest BCUT2D eigenvalue weighted by molar-refractivity contribution is 0.867. The average molecular weight is 313 g/mol. The molecule has 1 aliphatic rings. The molecule has 0 heterocycles. The molecule has 0 radical (unpaired) electrons. The minimum absolute atomic E-state index is 0.589. The zero-order valence-corrected chi connectivity index (χ0v) is 12.9. The summed E-state index contributed by atoms with van der Waals surface area (Å²) in [4.78, 5) is 0. The summed E-state index contributed by atoms with van der Waals surface area (Å²) in [5.41, 5.74) is 6.86. The largest absolute Gasteiger partial charge is 0.0610 e. The molecule has 0 spiro atoms. The summed E-state index contributed by atoms with van der Waals surface area (Å²) in [7, 11) is 0. The lowest BCUT2D eigenvalue weighted by Crippen LogP contribution is -1.91. The van der Waals surface area contributed by atoms with Crippen molar-refractivity contribution in [3.63, 3.8) is 0 Å². The van der Waals surface area contributed by atoms with Crippen LogP contribution in [0.5, 0.6) is 0 Å². The van der Waals surface area contributed by atoms with Crippen LogP contribution >= 0.6 is 15.9 Å². The summed E-state index contributed by atoms with van der Waals surface area (Å²) in [6.45, 7) is 4.46. The second-order valence-electron chi connectivity index (χ2n) is 5.42. The van der Waals surface area contributed by atoms with E-state index in [2.05, 4.69) is 78.3 Å². The number of halogens is 1. The van der Waals surface area contributed by atoms with Crippen LogP contribution in [0.3, 0.4) is 0 Å². The van der Waals surface area contributed by atoms with Crippen molar-refractivity contribution in [3.05, 3.63) is 63.6 Å². The van der Waals surface area contributed by atoms with Crippen molar-refractivity contribution in [2.24, 2.45) is 0 Å². The minimum Gasteiger partial charge on any atom is -0.0610 e. The highest BCUT2D eigenvalue weighted by Crippen LogP contribution is 2.36. The highest BCUT2D eigenvalue weighted by atomic mass is 79.9. The Bertz CT molecular complexity index is 633. The van der Waals surface area contributed by atoms with E-state index in [0.29, 0.717) is 5.92 Å². The van der Waals surface area contributed by atoms with E-state index in [1.54, 1.807) is 0 Å². The maximum Gasteiger partial charge on any atom is 0.00530 e. The van der Waals surface area contributed by atoms with Gasteiger partial charge in [0.25, 0.3) is 0 Å². The summed E-state index contributed by atoms with van der Waals surface area (Å²) in [5, 5.41) is 0. The molecule has 3 rings (SSSR count). The molecule has 1 heteroatoms. The average Bonchev–Trinajstić information content (AvgIpc) is 2.78. The molecule has 19 heavy (non-hydrogen) atoms. The van der Waals surface area contributed by atoms with E-state index >= 15 is 0 Å². The van der Waals surface area contributed by atoms with Crippen LogP contribution in [-0.4, -0.2) is 0 Å². The fraction of sp³-hybridized carbons (Fsp3) is 0.222. The SMILES string of the molecule is CC(C)c1ccc(-c2cccc3c2CC(Br)=C3)cc1. The number of hydrogen-bond donors (Lipinski definition) is 0. The molecular formula is C18H17Br. The third-order valence-corrected chi connectivity index (χ3v) is 4.27. The Balaban J connectivity index is 2.03. The van der Waals surface area contributed by atoms with Crippen molar-refractivity contribution < 1.29 is 0 Å². The van der Waals surface area contributed by atoms with Gasteiger partial charge in [0.1, 0.15) is 0 Å². The van der Waals surface area contributed by atoms with Crippen LogP contribution in [0.1, 0.15) is 36.5 Å². The number of rotatable bonds is 2. The van der Waals surface area contributed by atoms with Gasteiger partial charge in [-0.05, 0) is 39.8 Å². The van der Waals surface area contributed by atoms with Crippen LogP contribution < -0.4 is 0 Å². The summed E-state index contributed by atoms with van der Waals surface area (Å²) in [6, 6.07) is 15.5. The van der Waals surface area contributed by atoms with Crippen LogP contribution in [0.15, 0.2) is 46.9 Å². The van der Waals surface area contributed by atoms with Gasteiger partial charge >= 0.3 is 0 Å². The first-order valence-corrected chi connectivity index (χ1v) is 7.53. The summed E-state index contributed by atoms with van der Waals surface area (Å²) in [5.74, 6) is 0.589. The molecule has 0 unspecified atom stereocenters. The zero-order valence-electron chi connectivity index (χ0n) is 11.3. The first-order chi connectivity index (χ1) is 9.15. The Kier molecular flexibility index (Phi) is 3.32. The Morgan fingerprint density at radius 3 is 2.42 bits per heavy atom. The molecule has 0 aliphatic heterocycles. The quantitative estimate of drug-likeness (QED) is 0.660. The zero-order chi connectivity index (χ0) is 13.4. The fourth-order valence-corrected chi connectivity index (χ4v) is 3.17. The molecular weight excluding hydrogens is 296 g/mol.